The van der Waals surface area contributed by atoms with Crippen molar-refractivity contribution in [3.8, 4) is 5.88 Å². The van der Waals surface area contributed by atoms with E-state index in [1.807, 2.05) is 27.0 Å². The highest BCUT2D eigenvalue weighted by atomic mass is 16.5. The summed E-state index contributed by atoms with van der Waals surface area (Å²) >= 11 is 0. The summed E-state index contributed by atoms with van der Waals surface area (Å²) in [5.41, 5.74) is 2.57. The lowest BCUT2D eigenvalue weighted by Gasteiger charge is -2.38. The molecule has 186 valence electrons. The maximum atomic E-state index is 13.5. The molecule has 3 heterocycles. The van der Waals surface area contributed by atoms with Crippen LogP contribution in [0.4, 0.5) is 0 Å². The van der Waals surface area contributed by atoms with Crippen molar-refractivity contribution in [1.82, 2.24) is 14.8 Å². The molecule has 1 saturated heterocycles. The molecule has 1 N–H and O–H groups in total. The Balaban J connectivity index is 1.61. The summed E-state index contributed by atoms with van der Waals surface area (Å²) in [6, 6.07) is 1.54. The van der Waals surface area contributed by atoms with Gasteiger partial charge in [0.05, 0.1) is 19.2 Å². The molecule has 8 nitrogen and oxygen atoms in total. The van der Waals surface area contributed by atoms with Crippen molar-refractivity contribution in [3.63, 3.8) is 0 Å². The molecule has 1 aromatic rings. The van der Waals surface area contributed by atoms with Gasteiger partial charge in [-0.15, -0.1) is 0 Å². The van der Waals surface area contributed by atoms with E-state index in [-0.39, 0.29) is 42.4 Å². The minimum Gasteiger partial charge on any atom is -0.472 e. The van der Waals surface area contributed by atoms with Crippen LogP contribution in [0.2, 0.25) is 0 Å². The molecule has 0 unspecified atom stereocenters. The SMILES string of the molecule is C[C@@H]1CN([C@H](C)CO)C(=O)c2cc(C3=CCCC3)cnc2O[C@H]1CN(C)C(=O)C1CCOCC1. The number of rotatable bonds is 6. The molecule has 0 aromatic carbocycles. The van der Waals surface area contributed by atoms with Crippen LogP contribution in [0.3, 0.4) is 0 Å². The average Bonchev–Trinajstić information content (AvgIpc) is 3.40. The Bertz CT molecular complexity index is 927. The fourth-order valence-corrected chi connectivity index (χ4v) is 5.04. The molecule has 1 aliphatic carbocycles. The predicted octanol–water partition coefficient (Wildman–Crippen LogP) is 2.75. The quantitative estimate of drug-likeness (QED) is 0.686. The van der Waals surface area contributed by atoms with E-state index in [9.17, 15) is 14.7 Å². The number of ether oxygens (including phenoxy) is 2. The number of allylic oxidation sites excluding steroid dienone is 2. The lowest BCUT2D eigenvalue weighted by molar-refractivity contribution is -0.138. The molecule has 1 fully saturated rings. The maximum absolute atomic E-state index is 13.5. The summed E-state index contributed by atoms with van der Waals surface area (Å²) in [6.45, 7) is 5.81. The van der Waals surface area contributed by atoms with Crippen LogP contribution >= 0.6 is 0 Å². The van der Waals surface area contributed by atoms with E-state index in [1.54, 1.807) is 16.0 Å². The number of fused-ring (bicyclic) bond motifs is 1. The van der Waals surface area contributed by atoms with Crippen molar-refractivity contribution >= 4 is 17.4 Å². The van der Waals surface area contributed by atoms with Crippen molar-refractivity contribution in [2.45, 2.75) is 58.1 Å². The van der Waals surface area contributed by atoms with Gasteiger partial charge in [-0.05, 0) is 56.2 Å². The standard InChI is InChI=1S/C26H37N3O5/c1-17-14-29(18(2)16-30)26(32)22-12-21(19-6-4-5-7-19)13-27-24(22)34-23(17)15-28(3)25(31)20-8-10-33-11-9-20/h6,12-13,17-18,20,23,30H,4-5,7-11,14-16H2,1-3H3/t17-,18-,23+/m1/s1. The fourth-order valence-electron chi connectivity index (χ4n) is 5.04. The van der Waals surface area contributed by atoms with E-state index in [1.165, 1.54) is 5.57 Å². The summed E-state index contributed by atoms with van der Waals surface area (Å²) < 4.78 is 11.7. The van der Waals surface area contributed by atoms with Gasteiger partial charge in [-0.3, -0.25) is 9.59 Å². The first-order valence-corrected chi connectivity index (χ1v) is 12.5. The third kappa shape index (κ3) is 5.28. The number of aliphatic hydroxyl groups excluding tert-OH is 1. The van der Waals surface area contributed by atoms with Crippen LogP contribution in [-0.4, -0.2) is 83.8 Å². The van der Waals surface area contributed by atoms with E-state index in [0.29, 0.717) is 37.7 Å². The van der Waals surface area contributed by atoms with Crippen LogP contribution in [0, 0.1) is 11.8 Å². The van der Waals surface area contributed by atoms with Crippen LogP contribution in [0.1, 0.15) is 61.9 Å². The first-order chi connectivity index (χ1) is 16.4. The minimum absolute atomic E-state index is 0.0252. The molecule has 34 heavy (non-hydrogen) atoms. The van der Waals surface area contributed by atoms with Crippen LogP contribution < -0.4 is 4.74 Å². The Hall–Kier alpha value is -2.45. The number of amides is 2. The minimum atomic E-state index is -0.336. The number of aromatic nitrogens is 1. The normalized spacial score (nSPS) is 24.5. The number of aliphatic hydroxyl groups is 1. The molecule has 0 saturated carbocycles. The Labute approximate surface area is 201 Å². The fraction of sp³-hybridized carbons (Fsp3) is 0.654. The molecule has 0 spiro atoms. The van der Waals surface area contributed by atoms with Crippen LogP contribution in [0.15, 0.2) is 18.3 Å². The highest BCUT2D eigenvalue weighted by Crippen LogP contribution is 2.32. The van der Waals surface area contributed by atoms with Crippen LogP contribution in [0.25, 0.3) is 5.57 Å². The second-order valence-electron chi connectivity index (χ2n) is 9.93. The average molecular weight is 472 g/mol. The zero-order valence-electron chi connectivity index (χ0n) is 20.5. The summed E-state index contributed by atoms with van der Waals surface area (Å²) in [5, 5.41) is 9.84. The molecule has 0 radical (unpaired) electrons. The van der Waals surface area contributed by atoms with E-state index in [2.05, 4.69) is 11.1 Å². The van der Waals surface area contributed by atoms with Crippen molar-refractivity contribution in [2.75, 3.05) is 40.0 Å². The lowest BCUT2D eigenvalue weighted by atomic mass is 9.96. The largest absolute Gasteiger partial charge is 0.472 e. The number of carbonyl (C=O) groups is 2. The smallest absolute Gasteiger partial charge is 0.259 e. The molecular formula is C26H37N3O5. The number of nitrogens with zero attached hydrogens (tertiary/aromatic N) is 3. The molecule has 1 aromatic heterocycles. The van der Waals surface area contributed by atoms with E-state index in [0.717, 1.165) is 37.7 Å². The summed E-state index contributed by atoms with van der Waals surface area (Å²) in [6.07, 6.45) is 8.25. The molecule has 4 rings (SSSR count). The van der Waals surface area contributed by atoms with Gasteiger partial charge in [-0.1, -0.05) is 13.0 Å². The molecule has 2 amide bonds. The van der Waals surface area contributed by atoms with Crippen molar-refractivity contribution in [1.29, 1.82) is 0 Å². The summed E-state index contributed by atoms with van der Waals surface area (Å²) in [7, 11) is 1.82. The van der Waals surface area contributed by atoms with Gasteiger partial charge >= 0.3 is 0 Å². The van der Waals surface area contributed by atoms with Gasteiger partial charge in [0, 0.05) is 44.8 Å². The molecule has 3 aliphatic rings. The number of hydrogen-bond acceptors (Lipinski definition) is 6. The van der Waals surface area contributed by atoms with Gasteiger partial charge in [0.2, 0.25) is 11.8 Å². The number of pyridine rings is 1. The van der Waals surface area contributed by atoms with Crippen LogP contribution in [0.5, 0.6) is 5.88 Å². The number of carbonyl (C=O) groups excluding carboxylic acids is 2. The summed E-state index contributed by atoms with van der Waals surface area (Å²) in [4.78, 5) is 34.6. The van der Waals surface area contributed by atoms with Crippen LogP contribution in [-0.2, 0) is 9.53 Å². The monoisotopic (exact) mass is 471 g/mol. The Morgan fingerprint density at radius 2 is 2.12 bits per heavy atom. The molecule has 2 aliphatic heterocycles. The van der Waals surface area contributed by atoms with Gasteiger partial charge in [-0.25, -0.2) is 4.98 Å². The topological polar surface area (TPSA) is 92.2 Å². The van der Waals surface area contributed by atoms with Gasteiger partial charge in [-0.2, -0.15) is 0 Å². The molecular weight excluding hydrogens is 434 g/mol. The number of hydrogen-bond donors (Lipinski definition) is 1. The second kappa shape index (κ2) is 10.9. The highest BCUT2D eigenvalue weighted by molar-refractivity contribution is 5.97. The highest BCUT2D eigenvalue weighted by Gasteiger charge is 2.35. The zero-order chi connectivity index (χ0) is 24.2. The van der Waals surface area contributed by atoms with Gasteiger partial charge in [0.15, 0.2) is 0 Å². The number of likely N-dealkylation sites (N-methyl/N-ethyl adjacent to an activating group) is 1. The first-order valence-electron chi connectivity index (χ1n) is 12.5. The zero-order valence-corrected chi connectivity index (χ0v) is 20.5. The molecule has 0 bridgehead atoms. The second-order valence-corrected chi connectivity index (χ2v) is 9.93. The maximum Gasteiger partial charge on any atom is 0.259 e. The predicted molar refractivity (Wildman–Crippen MR) is 128 cm³/mol. The van der Waals surface area contributed by atoms with E-state index < -0.39 is 0 Å². The van der Waals surface area contributed by atoms with E-state index >= 15 is 0 Å². The van der Waals surface area contributed by atoms with E-state index in [4.69, 9.17) is 9.47 Å². The first kappa shape index (κ1) is 24.7. The van der Waals surface area contributed by atoms with Crippen molar-refractivity contribution in [2.24, 2.45) is 11.8 Å². The Morgan fingerprint density at radius 3 is 2.79 bits per heavy atom. The molecule has 3 atom stereocenters. The Morgan fingerprint density at radius 1 is 1.35 bits per heavy atom. The lowest BCUT2D eigenvalue weighted by Crippen LogP contribution is -2.51. The Kier molecular flexibility index (Phi) is 7.88. The summed E-state index contributed by atoms with van der Waals surface area (Å²) in [5.74, 6) is 0.139. The third-order valence-corrected chi connectivity index (χ3v) is 7.33. The van der Waals surface area contributed by atoms with Gasteiger partial charge in [0.25, 0.3) is 5.91 Å². The van der Waals surface area contributed by atoms with Gasteiger partial charge < -0.3 is 24.4 Å². The van der Waals surface area contributed by atoms with Gasteiger partial charge in [0.1, 0.15) is 11.7 Å². The van der Waals surface area contributed by atoms with Crippen molar-refractivity contribution in [3.05, 3.63) is 29.5 Å². The molecule has 8 heteroatoms. The third-order valence-electron chi connectivity index (χ3n) is 7.33. The van der Waals surface area contributed by atoms with Crippen molar-refractivity contribution < 1.29 is 24.2 Å².